The van der Waals surface area contributed by atoms with Crippen molar-refractivity contribution in [1.29, 1.82) is 0 Å². The van der Waals surface area contributed by atoms with Gasteiger partial charge in [-0.25, -0.2) is 0 Å². The van der Waals surface area contributed by atoms with E-state index in [1.807, 2.05) is 6.92 Å². The van der Waals surface area contributed by atoms with Crippen molar-refractivity contribution in [3.63, 3.8) is 0 Å². The van der Waals surface area contributed by atoms with Crippen LogP contribution in [0.3, 0.4) is 0 Å². The molecule has 0 bridgehead atoms. The fourth-order valence-corrected chi connectivity index (χ4v) is 4.65. The highest BCUT2D eigenvalue weighted by molar-refractivity contribution is 5.85. The van der Waals surface area contributed by atoms with Gasteiger partial charge in [-0.15, -0.1) is 12.4 Å². The lowest BCUT2D eigenvalue weighted by molar-refractivity contribution is 0.254. The van der Waals surface area contributed by atoms with E-state index in [-0.39, 0.29) is 24.4 Å². The molecule has 28 heavy (non-hydrogen) atoms. The lowest BCUT2D eigenvalue weighted by Crippen LogP contribution is -2.34. The number of rotatable bonds is 5. The number of hydrogen-bond donors (Lipinski definition) is 1. The van der Waals surface area contributed by atoms with Crippen molar-refractivity contribution in [2.45, 2.75) is 75.9 Å². The summed E-state index contributed by atoms with van der Waals surface area (Å²) in [5.41, 5.74) is 8.50. The molecule has 7 heteroatoms. The summed E-state index contributed by atoms with van der Waals surface area (Å²) in [4.78, 5) is 4.69. The average Bonchev–Trinajstić information content (AvgIpc) is 3.00. The molecule has 5 rings (SSSR count). The van der Waals surface area contributed by atoms with Crippen LogP contribution in [0.25, 0.3) is 0 Å². The highest BCUT2D eigenvalue weighted by atomic mass is 35.5. The Balaban J connectivity index is 0.00000192. The molecular formula is C21H28ClN3O3. The summed E-state index contributed by atoms with van der Waals surface area (Å²) in [6.45, 7) is 4.78. The molecule has 3 aliphatic rings. The largest absolute Gasteiger partial charge is 0.494 e. The number of ether oxygens (including phenoxy) is 2. The van der Waals surface area contributed by atoms with Crippen molar-refractivity contribution < 1.29 is 14.0 Å². The molecule has 2 saturated carbocycles. The summed E-state index contributed by atoms with van der Waals surface area (Å²) in [6, 6.07) is 4.31. The first kappa shape index (κ1) is 19.5. The van der Waals surface area contributed by atoms with E-state index in [0.717, 1.165) is 50.0 Å². The van der Waals surface area contributed by atoms with E-state index < -0.39 is 5.54 Å². The molecule has 0 amide bonds. The molecule has 6 nitrogen and oxygen atoms in total. The molecule has 152 valence electrons. The van der Waals surface area contributed by atoms with Gasteiger partial charge in [0.1, 0.15) is 17.6 Å². The molecule has 0 radical (unpaired) electrons. The Bertz CT molecular complexity index is 863. The summed E-state index contributed by atoms with van der Waals surface area (Å²) < 4.78 is 17.5. The van der Waals surface area contributed by atoms with Crippen LogP contribution in [0.5, 0.6) is 11.5 Å². The molecule has 3 unspecified atom stereocenters. The molecule has 1 aromatic carbocycles. The van der Waals surface area contributed by atoms with Crippen LogP contribution in [-0.2, 0) is 12.0 Å². The highest BCUT2D eigenvalue weighted by Crippen LogP contribution is 2.57. The van der Waals surface area contributed by atoms with Gasteiger partial charge in [-0.3, -0.25) is 0 Å². The van der Waals surface area contributed by atoms with Gasteiger partial charge in [0, 0.05) is 29.4 Å². The second kappa shape index (κ2) is 7.23. The molecule has 2 aliphatic carbocycles. The van der Waals surface area contributed by atoms with Gasteiger partial charge in [0.05, 0.1) is 12.1 Å². The lowest BCUT2D eigenvalue weighted by Gasteiger charge is -2.17. The molecule has 2 aromatic rings. The predicted molar refractivity (Wildman–Crippen MR) is 107 cm³/mol. The van der Waals surface area contributed by atoms with E-state index in [1.54, 1.807) is 0 Å². The quantitative estimate of drug-likeness (QED) is 0.802. The maximum atomic E-state index is 6.48. The summed E-state index contributed by atoms with van der Waals surface area (Å²) in [7, 11) is 0. The van der Waals surface area contributed by atoms with Crippen molar-refractivity contribution >= 4 is 12.4 Å². The zero-order chi connectivity index (χ0) is 18.6. The van der Waals surface area contributed by atoms with Crippen LogP contribution in [-0.4, -0.2) is 22.9 Å². The SMILES string of the molecule is CCOc1cc2c(cc1C1CC1c1nc(C3(N)CCCC3)no1)OC(C)C2.Cl. The summed E-state index contributed by atoms with van der Waals surface area (Å²) in [6.07, 6.45) is 6.31. The maximum Gasteiger partial charge on any atom is 0.230 e. The van der Waals surface area contributed by atoms with E-state index in [0.29, 0.717) is 24.2 Å². The Morgan fingerprint density at radius 1 is 1.25 bits per heavy atom. The van der Waals surface area contributed by atoms with E-state index in [9.17, 15) is 0 Å². The number of fused-ring (bicyclic) bond motifs is 1. The number of aromatic nitrogens is 2. The third-order valence-electron chi connectivity index (χ3n) is 6.22. The third kappa shape index (κ3) is 3.26. The van der Waals surface area contributed by atoms with E-state index >= 15 is 0 Å². The van der Waals surface area contributed by atoms with Crippen molar-refractivity contribution in [2.75, 3.05) is 6.61 Å². The molecule has 2 N–H and O–H groups in total. The predicted octanol–water partition coefficient (Wildman–Crippen LogP) is 4.21. The number of nitrogens with two attached hydrogens (primary N) is 1. The molecule has 2 heterocycles. The van der Waals surface area contributed by atoms with Crippen LogP contribution in [0, 0.1) is 0 Å². The molecular weight excluding hydrogens is 378 g/mol. The van der Waals surface area contributed by atoms with Crippen molar-refractivity contribution in [3.05, 3.63) is 35.0 Å². The van der Waals surface area contributed by atoms with Gasteiger partial charge in [0.25, 0.3) is 0 Å². The number of nitrogens with zero attached hydrogens (tertiary/aromatic N) is 2. The molecule has 0 saturated heterocycles. The fourth-order valence-electron chi connectivity index (χ4n) is 4.65. The minimum atomic E-state index is -0.403. The van der Waals surface area contributed by atoms with Gasteiger partial charge in [0.2, 0.25) is 5.89 Å². The van der Waals surface area contributed by atoms with E-state index in [1.165, 1.54) is 11.1 Å². The standard InChI is InChI=1S/C21H27N3O3.ClH/c1-3-25-18-9-13-8-12(2)26-17(13)11-15(18)14-10-16(14)19-23-20(24-27-19)21(22)6-4-5-7-21;/h9,11-12,14,16H,3-8,10,22H2,1-2H3;1H. The Labute approximate surface area is 171 Å². The third-order valence-corrected chi connectivity index (χ3v) is 6.22. The fraction of sp³-hybridized carbons (Fsp3) is 0.619. The van der Waals surface area contributed by atoms with Gasteiger partial charge < -0.3 is 19.7 Å². The van der Waals surface area contributed by atoms with Gasteiger partial charge >= 0.3 is 0 Å². The summed E-state index contributed by atoms with van der Waals surface area (Å²) in [5, 5.41) is 4.22. The van der Waals surface area contributed by atoms with Crippen molar-refractivity contribution in [2.24, 2.45) is 5.73 Å². The topological polar surface area (TPSA) is 83.4 Å². The smallest absolute Gasteiger partial charge is 0.230 e. The summed E-state index contributed by atoms with van der Waals surface area (Å²) in [5.74, 6) is 3.92. The zero-order valence-electron chi connectivity index (χ0n) is 16.4. The Morgan fingerprint density at radius 2 is 2.04 bits per heavy atom. The monoisotopic (exact) mass is 405 g/mol. The lowest BCUT2D eigenvalue weighted by atomic mass is 9.98. The molecule has 3 atom stereocenters. The Kier molecular flexibility index (Phi) is 5.04. The second-order valence-electron chi connectivity index (χ2n) is 8.33. The van der Waals surface area contributed by atoms with Gasteiger partial charge in [-0.2, -0.15) is 4.98 Å². The minimum Gasteiger partial charge on any atom is -0.494 e. The summed E-state index contributed by atoms with van der Waals surface area (Å²) >= 11 is 0. The van der Waals surface area contributed by atoms with Gasteiger partial charge in [-0.1, -0.05) is 18.0 Å². The van der Waals surface area contributed by atoms with Crippen LogP contribution < -0.4 is 15.2 Å². The van der Waals surface area contributed by atoms with Crippen LogP contribution >= 0.6 is 12.4 Å². The van der Waals surface area contributed by atoms with Crippen LogP contribution in [0.1, 0.15) is 80.6 Å². The molecule has 1 aliphatic heterocycles. The first-order valence-corrected chi connectivity index (χ1v) is 10.2. The zero-order valence-corrected chi connectivity index (χ0v) is 17.3. The Morgan fingerprint density at radius 3 is 2.79 bits per heavy atom. The maximum absolute atomic E-state index is 6.48. The molecule has 1 aromatic heterocycles. The van der Waals surface area contributed by atoms with E-state index in [4.69, 9.17) is 19.7 Å². The minimum absolute atomic E-state index is 0. The van der Waals surface area contributed by atoms with Gasteiger partial charge in [0.15, 0.2) is 5.82 Å². The first-order valence-electron chi connectivity index (χ1n) is 10.2. The van der Waals surface area contributed by atoms with Crippen molar-refractivity contribution in [3.8, 4) is 11.5 Å². The second-order valence-corrected chi connectivity index (χ2v) is 8.33. The van der Waals surface area contributed by atoms with Crippen molar-refractivity contribution in [1.82, 2.24) is 10.1 Å². The highest BCUT2D eigenvalue weighted by Gasteiger charge is 2.47. The first-order chi connectivity index (χ1) is 13.1. The van der Waals surface area contributed by atoms with Crippen LogP contribution in [0.15, 0.2) is 16.7 Å². The van der Waals surface area contributed by atoms with Crippen LogP contribution in [0.2, 0.25) is 0 Å². The Hall–Kier alpha value is -1.79. The number of hydrogen-bond acceptors (Lipinski definition) is 6. The van der Waals surface area contributed by atoms with E-state index in [2.05, 4.69) is 29.2 Å². The molecule has 0 spiro atoms. The molecule has 2 fully saturated rings. The average molecular weight is 406 g/mol. The number of halogens is 1. The van der Waals surface area contributed by atoms with Gasteiger partial charge in [-0.05, 0) is 45.2 Å². The van der Waals surface area contributed by atoms with Crippen LogP contribution in [0.4, 0.5) is 0 Å². The normalized spacial score (nSPS) is 27.0. The number of benzene rings is 1.